The highest BCUT2D eigenvalue weighted by molar-refractivity contribution is 5.74. The summed E-state index contributed by atoms with van der Waals surface area (Å²) in [7, 11) is 0. The molecule has 0 aliphatic heterocycles. The van der Waals surface area contributed by atoms with Crippen LogP contribution in [-0.4, -0.2) is 10.2 Å². The van der Waals surface area contributed by atoms with Crippen LogP contribution in [0.4, 0.5) is 0 Å². The Hall–Kier alpha value is -1.96. The van der Waals surface area contributed by atoms with Crippen molar-refractivity contribution in [1.82, 2.24) is 0 Å². The smallest absolute Gasteiger partial charge is 0.158 e. The molecule has 0 saturated heterocycles. The number of aryl methyl sites for hydroxylation is 3. The summed E-state index contributed by atoms with van der Waals surface area (Å²) in [6.07, 6.45) is 2.80. The van der Waals surface area contributed by atoms with Crippen molar-refractivity contribution >= 4 is 0 Å². The molecule has 0 aliphatic carbocycles. The molecule has 0 spiro atoms. The largest absolute Gasteiger partial charge is 0.504 e. The summed E-state index contributed by atoms with van der Waals surface area (Å²) in [6.45, 7) is 6.35. The second-order valence-corrected chi connectivity index (χ2v) is 5.05. The van der Waals surface area contributed by atoms with Crippen LogP contribution < -0.4 is 0 Å². The van der Waals surface area contributed by atoms with Gasteiger partial charge < -0.3 is 10.2 Å². The maximum atomic E-state index is 9.80. The first-order chi connectivity index (χ1) is 9.60. The molecule has 0 atom stereocenters. The highest BCUT2D eigenvalue weighted by atomic mass is 16.3. The van der Waals surface area contributed by atoms with Gasteiger partial charge in [0, 0.05) is 0 Å². The molecule has 0 bridgehead atoms. The van der Waals surface area contributed by atoms with Crippen molar-refractivity contribution < 1.29 is 10.2 Å². The Labute approximate surface area is 120 Å². The minimum Gasteiger partial charge on any atom is -0.504 e. The normalized spacial score (nSPS) is 10.8. The van der Waals surface area contributed by atoms with Crippen molar-refractivity contribution in [2.24, 2.45) is 0 Å². The summed E-state index contributed by atoms with van der Waals surface area (Å²) in [5.74, 6) is -0.104. The Bertz CT molecular complexity index is 615. The van der Waals surface area contributed by atoms with Gasteiger partial charge in [-0.3, -0.25) is 0 Å². The zero-order chi connectivity index (χ0) is 14.7. The minimum atomic E-state index is -0.0566. The maximum absolute atomic E-state index is 9.80. The van der Waals surface area contributed by atoms with E-state index in [1.807, 2.05) is 0 Å². The van der Waals surface area contributed by atoms with Crippen LogP contribution in [0.15, 0.2) is 30.3 Å². The second kappa shape index (κ2) is 6.00. The summed E-state index contributed by atoms with van der Waals surface area (Å²) in [5.41, 5.74) is 5.83. The predicted molar refractivity (Wildman–Crippen MR) is 83.3 cm³/mol. The molecule has 0 radical (unpaired) electrons. The van der Waals surface area contributed by atoms with Crippen LogP contribution in [0.3, 0.4) is 0 Å². The average Bonchev–Trinajstić information content (AvgIpc) is 2.48. The zero-order valence-corrected chi connectivity index (χ0v) is 12.4. The molecule has 2 rings (SSSR count). The molecule has 2 heteroatoms. The number of phenolic OH excluding ortho intramolecular Hbond substituents is 2. The second-order valence-electron chi connectivity index (χ2n) is 5.05. The number of hydrogen-bond donors (Lipinski definition) is 2. The third kappa shape index (κ3) is 2.64. The van der Waals surface area contributed by atoms with E-state index in [1.165, 1.54) is 11.1 Å². The molecule has 20 heavy (non-hydrogen) atoms. The molecule has 0 amide bonds. The average molecular weight is 270 g/mol. The topological polar surface area (TPSA) is 40.5 Å². The molecule has 0 heterocycles. The summed E-state index contributed by atoms with van der Waals surface area (Å²) in [6, 6.07) is 9.84. The van der Waals surface area contributed by atoms with Gasteiger partial charge in [-0.25, -0.2) is 0 Å². The molecule has 2 aromatic rings. The molecule has 2 aromatic carbocycles. The Balaban J connectivity index is 2.64. The third-order valence-corrected chi connectivity index (χ3v) is 3.83. The van der Waals surface area contributed by atoms with Crippen molar-refractivity contribution in [2.75, 3.05) is 0 Å². The fourth-order valence-corrected chi connectivity index (χ4v) is 2.59. The van der Waals surface area contributed by atoms with Gasteiger partial charge in [-0.2, -0.15) is 0 Å². The third-order valence-electron chi connectivity index (χ3n) is 3.83. The van der Waals surface area contributed by atoms with Gasteiger partial charge in [0.05, 0.1) is 0 Å². The minimum absolute atomic E-state index is 0.0474. The summed E-state index contributed by atoms with van der Waals surface area (Å²) >= 11 is 0. The molecule has 2 nitrogen and oxygen atoms in total. The van der Waals surface area contributed by atoms with Crippen molar-refractivity contribution in [2.45, 2.75) is 40.0 Å². The molecule has 0 aliphatic rings. The summed E-state index contributed by atoms with van der Waals surface area (Å²) in [4.78, 5) is 0. The molecular formula is C18H22O2. The van der Waals surface area contributed by atoms with Gasteiger partial charge in [0.25, 0.3) is 0 Å². The van der Waals surface area contributed by atoms with Gasteiger partial charge in [-0.05, 0) is 59.2 Å². The number of benzene rings is 2. The van der Waals surface area contributed by atoms with E-state index < -0.39 is 0 Å². The fourth-order valence-electron chi connectivity index (χ4n) is 2.59. The van der Waals surface area contributed by atoms with E-state index in [-0.39, 0.29) is 11.5 Å². The first kappa shape index (κ1) is 14.4. The van der Waals surface area contributed by atoms with E-state index >= 15 is 0 Å². The molecule has 0 fully saturated rings. The van der Waals surface area contributed by atoms with Crippen molar-refractivity contribution in [3.63, 3.8) is 0 Å². The zero-order valence-electron chi connectivity index (χ0n) is 12.4. The van der Waals surface area contributed by atoms with E-state index in [0.717, 1.165) is 36.0 Å². The van der Waals surface area contributed by atoms with Crippen LogP contribution in [-0.2, 0) is 19.3 Å². The maximum Gasteiger partial charge on any atom is 0.158 e. The lowest BCUT2D eigenvalue weighted by molar-refractivity contribution is 0.403. The molecule has 0 saturated carbocycles. The number of hydrogen-bond acceptors (Lipinski definition) is 2. The van der Waals surface area contributed by atoms with Crippen molar-refractivity contribution in [1.29, 1.82) is 0 Å². The van der Waals surface area contributed by atoms with Crippen molar-refractivity contribution in [3.8, 4) is 22.6 Å². The number of rotatable bonds is 4. The first-order valence-electron chi connectivity index (χ1n) is 7.27. The van der Waals surface area contributed by atoms with E-state index in [2.05, 4.69) is 39.0 Å². The predicted octanol–water partition coefficient (Wildman–Crippen LogP) is 4.45. The van der Waals surface area contributed by atoms with E-state index in [9.17, 15) is 10.2 Å². The number of phenols is 2. The SMILES string of the molecule is CCc1ccc(-c2cc(O)c(O)cc2CC)c(CC)c1. The highest BCUT2D eigenvalue weighted by Crippen LogP contribution is 2.36. The highest BCUT2D eigenvalue weighted by Gasteiger charge is 2.12. The van der Waals surface area contributed by atoms with Crippen LogP contribution in [0.25, 0.3) is 11.1 Å². The van der Waals surface area contributed by atoms with Gasteiger partial charge in [0.1, 0.15) is 0 Å². The van der Waals surface area contributed by atoms with Crippen LogP contribution in [0.2, 0.25) is 0 Å². The van der Waals surface area contributed by atoms with E-state index in [0.29, 0.717) is 0 Å². The molecule has 0 aromatic heterocycles. The van der Waals surface area contributed by atoms with Gasteiger partial charge in [-0.1, -0.05) is 39.0 Å². The summed E-state index contributed by atoms with van der Waals surface area (Å²) in [5, 5.41) is 19.5. The number of aromatic hydroxyl groups is 2. The first-order valence-corrected chi connectivity index (χ1v) is 7.27. The monoisotopic (exact) mass is 270 g/mol. The standard InChI is InChI=1S/C18H22O2/c1-4-12-7-8-15(13(5-2)9-12)16-11-18(20)17(19)10-14(16)6-3/h7-11,19-20H,4-6H2,1-3H3. The lowest BCUT2D eigenvalue weighted by atomic mass is 9.91. The van der Waals surface area contributed by atoms with Crippen molar-refractivity contribution in [3.05, 3.63) is 47.0 Å². The van der Waals surface area contributed by atoms with Crippen LogP contribution in [0, 0.1) is 0 Å². The summed E-state index contributed by atoms with van der Waals surface area (Å²) < 4.78 is 0. The van der Waals surface area contributed by atoms with Gasteiger partial charge >= 0.3 is 0 Å². The molecule has 0 unspecified atom stereocenters. The molecule has 2 N–H and O–H groups in total. The Morgan fingerprint density at radius 1 is 0.700 bits per heavy atom. The van der Waals surface area contributed by atoms with E-state index in [4.69, 9.17) is 0 Å². The Morgan fingerprint density at radius 3 is 1.90 bits per heavy atom. The van der Waals surface area contributed by atoms with Gasteiger partial charge in [0.15, 0.2) is 11.5 Å². The van der Waals surface area contributed by atoms with E-state index in [1.54, 1.807) is 12.1 Å². The Kier molecular flexibility index (Phi) is 4.33. The fraction of sp³-hybridized carbons (Fsp3) is 0.333. The Morgan fingerprint density at radius 2 is 1.30 bits per heavy atom. The van der Waals surface area contributed by atoms with Crippen LogP contribution in [0.1, 0.15) is 37.5 Å². The van der Waals surface area contributed by atoms with Gasteiger partial charge in [0.2, 0.25) is 0 Å². The van der Waals surface area contributed by atoms with Crippen LogP contribution in [0.5, 0.6) is 11.5 Å². The lowest BCUT2D eigenvalue weighted by Crippen LogP contribution is -1.94. The van der Waals surface area contributed by atoms with Crippen LogP contribution >= 0.6 is 0 Å². The molecular weight excluding hydrogens is 248 g/mol. The quantitative estimate of drug-likeness (QED) is 0.806. The lowest BCUT2D eigenvalue weighted by Gasteiger charge is -2.15. The van der Waals surface area contributed by atoms with Gasteiger partial charge in [-0.15, -0.1) is 0 Å². The molecule has 106 valence electrons.